The van der Waals surface area contributed by atoms with Gasteiger partial charge in [-0.1, -0.05) is 12.1 Å². The van der Waals surface area contributed by atoms with Crippen LogP contribution >= 0.6 is 0 Å². The van der Waals surface area contributed by atoms with Crippen LogP contribution in [-0.4, -0.2) is 37.8 Å². The average Bonchev–Trinajstić information content (AvgIpc) is 2.55. The second-order valence-corrected chi connectivity index (χ2v) is 7.29. The fourth-order valence-electron chi connectivity index (χ4n) is 1.94. The monoisotopic (exact) mass is 364 g/mol. The van der Waals surface area contributed by atoms with Crippen molar-refractivity contribution in [1.82, 2.24) is 4.31 Å². The minimum absolute atomic E-state index is 0.0427. The van der Waals surface area contributed by atoms with Gasteiger partial charge < -0.3 is 10.6 Å². The van der Waals surface area contributed by atoms with Gasteiger partial charge in [-0.2, -0.15) is 0 Å². The molecule has 2 aromatic rings. The molecule has 0 heterocycles. The number of carbonyl (C=O) groups excluding carboxylic acids is 1. The lowest BCUT2D eigenvalue weighted by Crippen LogP contribution is -2.25. The summed E-state index contributed by atoms with van der Waals surface area (Å²) in [6.07, 6.45) is 0. The number of carbonyl (C=O) groups is 1. The van der Waals surface area contributed by atoms with Gasteiger partial charge in [-0.15, -0.1) is 0 Å². The van der Waals surface area contributed by atoms with Crippen molar-refractivity contribution in [2.24, 2.45) is 0 Å². The molecule has 0 aliphatic carbocycles. The number of rotatable bonds is 5. The van der Waals surface area contributed by atoms with Gasteiger partial charge in [-0.25, -0.2) is 17.5 Å². The molecule has 0 radical (unpaired) electrons. The number of urea groups is 1. The van der Waals surface area contributed by atoms with E-state index in [1.165, 1.54) is 50.5 Å². The van der Waals surface area contributed by atoms with E-state index in [2.05, 4.69) is 10.6 Å². The predicted molar refractivity (Wildman–Crippen MR) is 93.1 cm³/mol. The van der Waals surface area contributed by atoms with Gasteiger partial charge in [0.2, 0.25) is 10.0 Å². The third kappa shape index (κ3) is 4.31. The number of hydrogen-bond acceptors (Lipinski definition) is 5. The topological polar surface area (TPSA) is 122 Å². The molecule has 2 aromatic carbocycles. The Morgan fingerprint density at radius 3 is 2.20 bits per heavy atom. The molecule has 25 heavy (non-hydrogen) atoms. The number of nitro groups is 1. The third-order valence-corrected chi connectivity index (χ3v) is 5.10. The minimum Gasteiger partial charge on any atom is -0.308 e. The van der Waals surface area contributed by atoms with Gasteiger partial charge in [0.15, 0.2) is 0 Å². The molecule has 0 fully saturated rings. The molecule has 0 saturated carbocycles. The van der Waals surface area contributed by atoms with Gasteiger partial charge in [-0.3, -0.25) is 10.1 Å². The molecule has 0 bridgehead atoms. The third-order valence-electron chi connectivity index (χ3n) is 3.23. The van der Waals surface area contributed by atoms with Crippen LogP contribution in [0.3, 0.4) is 0 Å². The van der Waals surface area contributed by atoms with Crippen molar-refractivity contribution in [2.45, 2.75) is 4.90 Å². The standard InChI is InChI=1S/C15H16N4O5S/c1-18(2)25(23,24)14-6-4-3-5-13(14)17-15(20)16-11-7-9-12(10-8-11)19(21)22/h3-10H,1-2H3,(H2,16,17,20). The number of anilines is 2. The zero-order valence-corrected chi connectivity index (χ0v) is 14.3. The summed E-state index contributed by atoms with van der Waals surface area (Å²) in [4.78, 5) is 22.1. The summed E-state index contributed by atoms with van der Waals surface area (Å²) in [6.45, 7) is 0. The fraction of sp³-hybridized carbons (Fsp3) is 0.133. The van der Waals surface area contributed by atoms with E-state index < -0.39 is 21.0 Å². The zero-order chi connectivity index (χ0) is 18.6. The van der Waals surface area contributed by atoms with Crippen LogP contribution in [0.25, 0.3) is 0 Å². The van der Waals surface area contributed by atoms with Gasteiger partial charge in [0, 0.05) is 31.9 Å². The van der Waals surface area contributed by atoms with Gasteiger partial charge >= 0.3 is 6.03 Å². The Kier molecular flexibility index (Phi) is 5.35. The first-order valence-electron chi connectivity index (χ1n) is 7.06. The Labute approximate surface area is 144 Å². The van der Waals surface area contributed by atoms with Gasteiger partial charge in [0.05, 0.1) is 10.6 Å². The van der Waals surface area contributed by atoms with E-state index in [4.69, 9.17) is 0 Å². The molecule has 0 aliphatic rings. The number of nitro benzene ring substituents is 1. The van der Waals surface area contributed by atoms with E-state index in [0.29, 0.717) is 5.69 Å². The number of para-hydroxylation sites is 1. The number of benzene rings is 2. The molecule has 0 aromatic heterocycles. The second-order valence-electron chi connectivity index (χ2n) is 5.17. The SMILES string of the molecule is CN(C)S(=O)(=O)c1ccccc1NC(=O)Nc1ccc([N+](=O)[O-])cc1. The van der Waals surface area contributed by atoms with Crippen molar-refractivity contribution in [1.29, 1.82) is 0 Å². The molecule has 10 heteroatoms. The van der Waals surface area contributed by atoms with Crippen molar-refractivity contribution < 1.29 is 18.1 Å². The first-order valence-corrected chi connectivity index (χ1v) is 8.50. The average molecular weight is 364 g/mol. The van der Waals surface area contributed by atoms with E-state index in [1.807, 2.05) is 0 Å². The normalized spacial score (nSPS) is 11.2. The van der Waals surface area contributed by atoms with Crippen molar-refractivity contribution in [3.8, 4) is 0 Å². The lowest BCUT2D eigenvalue weighted by Gasteiger charge is -2.15. The number of sulfonamides is 1. The number of nitrogens with zero attached hydrogens (tertiary/aromatic N) is 2. The van der Waals surface area contributed by atoms with Crippen LogP contribution in [0.2, 0.25) is 0 Å². The van der Waals surface area contributed by atoms with E-state index in [1.54, 1.807) is 12.1 Å². The molecular formula is C15H16N4O5S. The quantitative estimate of drug-likeness (QED) is 0.623. The molecule has 2 amide bonds. The first kappa shape index (κ1) is 18.4. The summed E-state index contributed by atoms with van der Waals surface area (Å²) < 4.78 is 25.6. The van der Waals surface area contributed by atoms with Gasteiger partial charge in [-0.05, 0) is 24.3 Å². The molecule has 0 unspecified atom stereocenters. The van der Waals surface area contributed by atoms with E-state index in [-0.39, 0.29) is 16.3 Å². The summed E-state index contributed by atoms with van der Waals surface area (Å²) in [5, 5.41) is 15.6. The van der Waals surface area contributed by atoms with Crippen LogP contribution in [0.1, 0.15) is 0 Å². The molecule has 2 rings (SSSR count). The van der Waals surface area contributed by atoms with Crippen molar-refractivity contribution in [2.75, 3.05) is 24.7 Å². The molecule has 2 N–H and O–H groups in total. The maximum atomic E-state index is 12.3. The van der Waals surface area contributed by atoms with E-state index in [0.717, 1.165) is 4.31 Å². The van der Waals surface area contributed by atoms with Crippen LogP contribution in [0, 0.1) is 10.1 Å². The highest BCUT2D eigenvalue weighted by molar-refractivity contribution is 7.89. The Hall–Kier alpha value is -2.98. The molecule has 0 aliphatic heterocycles. The van der Waals surface area contributed by atoms with E-state index >= 15 is 0 Å². The van der Waals surface area contributed by atoms with Crippen LogP contribution in [0.5, 0.6) is 0 Å². The highest BCUT2D eigenvalue weighted by atomic mass is 32.2. The molecule has 9 nitrogen and oxygen atoms in total. The number of nitrogens with one attached hydrogen (secondary N) is 2. The second kappa shape index (κ2) is 7.28. The van der Waals surface area contributed by atoms with Crippen LogP contribution in [-0.2, 0) is 10.0 Å². The summed E-state index contributed by atoms with van der Waals surface area (Å²) in [7, 11) is -0.941. The Bertz CT molecular complexity index is 894. The van der Waals surface area contributed by atoms with Crippen molar-refractivity contribution in [3.63, 3.8) is 0 Å². The maximum absolute atomic E-state index is 12.3. The highest BCUT2D eigenvalue weighted by Gasteiger charge is 2.21. The molecule has 0 atom stereocenters. The Morgan fingerprint density at radius 1 is 1.04 bits per heavy atom. The number of non-ortho nitro benzene ring substituents is 1. The largest absolute Gasteiger partial charge is 0.323 e. The van der Waals surface area contributed by atoms with E-state index in [9.17, 15) is 23.3 Å². The minimum atomic E-state index is -3.73. The van der Waals surface area contributed by atoms with Crippen LogP contribution < -0.4 is 10.6 Å². The highest BCUT2D eigenvalue weighted by Crippen LogP contribution is 2.23. The van der Waals surface area contributed by atoms with Crippen LogP contribution in [0.15, 0.2) is 53.4 Å². The van der Waals surface area contributed by atoms with Gasteiger partial charge in [0.1, 0.15) is 4.90 Å². The smallest absolute Gasteiger partial charge is 0.308 e. The van der Waals surface area contributed by atoms with Crippen molar-refractivity contribution >= 4 is 33.1 Å². The molecular weight excluding hydrogens is 348 g/mol. The molecule has 0 saturated heterocycles. The first-order chi connectivity index (χ1) is 11.7. The lowest BCUT2D eigenvalue weighted by atomic mass is 10.3. The molecule has 0 spiro atoms. The molecule has 132 valence electrons. The van der Waals surface area contributed by atoms with Gasteiger partial charge in [0.25, 0.3) is 5.69 Å². The Balaban J connectivity index is 2.17. The summed E-state index contributed by atoms with van der Waals surface area (Å²) in [5.41, 5.74) is 0.347. The summed E-state index contributed by atoms with van der Waals surface area (Å²) in [5.74, 6) is 0. The zero-order valence-electron chi connectivity index (χ0n) is 13.5. The maximum Gasteiger partial charge on any atom is 0.323 e. The number of hydrogen-bond donors (Lipinski definition) is 2. The van der Waals surface area contributed by atoms with Crippen molar-refractivity contribution in [3.05, 3.63) is 58.6 Å². The lowest BCUT2D eigenvalue weighted by molar-refractivity contribution is -0.384. The predicted octanol–water partition coefficient (Wildman–Crippen LogP) is 2.49. The summed E-state index contributed by atoms with van der Waals surface area (Å²) in [6, 6.07) is 10.6. The number of amides is 2. The summed E-state index contributed by atoms with van der Waals surface area (Å²) >= 11 is 0. The Morgan fingerprint density at radius 2 is 1.64 bits per heavy atom. The fourth-order valence-corrected chi connectivity index (χ4v) is 2.98. The van der Waals surface area contributed by atoms with Crippen LogP contribution in [0.4, 0.5) is 21.9 Å².